The average Bonchev–Trinajstić information content (AvgIpc) is 2.79. The van der Waals surface area contributed by atoms with Crippen LogP contribution >= 0.6 is 0 Å². The Morgan fingerprint density at radius 1 is 0.774 bits per heavy atom. The van der Waals surface area contributed by atoms with Crippen molar-refractivity contribution in [2.24, 2.45) is 0 Å². The Hall–Kier alpha value is -2.98. The summed E-state index contributed by atoms with van der Waals surface area (Å²) >= 11 is 0. The van der Waals surface area contributed by atoms with Crippen LogP contribution in [0.15, 0.2) is 79.0 Å². The molecule has 2 aromatic heterocycles. The molecule has 1 fully saturated rings. The van der Waals surface area contributed by atoms with Crippen LogP contribution in [0.5, 0.6) is 0 Å². The van der Waals surface area contributed by atoms with E-state index in [0.29, 0.717) is 6.04 Å². The lowest BCUT2D eigenvalue weighted by Gasteiger charge is -2.36. The normalized spacial score (nSPS) is 15.0. The Morgan fingerprint density at radius 3 is 2.06 bits per heavy atom. The molecule has 0 atom stereocenters. The lowest BCUT2D eigenvalue weighted by molar-refractivity contribution is 0.316. The van der Waals surface area contributed by atoms with E-state index in [1.165, 1.54) is 23.6 Å². The van der Waals surface area contributed by atoms with Crippen LogP contribution < -0.4 is 10.2 Å². The van der Waals surface area contributed by atoms with Gasteiger partial charge in [0.1, 0.15) is 5.82 Å². The van der Waals surface area contributed by atoms with Gasteiger partial charge in [-0.15, -0.1) is 0 Å². The number of fused-ring (bicyclic) bond motifs is 2. The largest absolute Gasteiger partial charge is 0.356 e. The van der Waals surface area contributed by atoms with E-state index < -0.39 is 0 Å². The molecule has 31 heavy (non-hydrogen) atoms. The number of benzene rings is 2. The van der Waals surface area contributed by atoms with Gasteiger partial charge in [0.15, 0.2) is 0 Å². The Balaban J connectivity index is 0.000000192. The molecule has 1 aliphatic rings. The monoisotopic (exact) mass is 412 g/mol. The molecule has 4 aromatic rings. The average molecular weight is 413 g/mol. The molecule has 1 N–H and O–H groups in total. The highest BCUT2D eigenvalue weighted by Gasteiger charge is 2.23. The van der Waals surface area contributed by atoms with Crippen molar-refractivity contribution < 1.29 is 0 Å². The van der Waals surface area contributed by atoms with Gasteiger partial charge in [0.05, 0.1) is 11.0 Å². The van der Waals surface area contributed by atoms with Crippen molar-refractivity contribution >= 4 is 27.6 Å². The van der Waals surface area contributed by atoms with E-state index in [1.807, 2.05) is 30.5 Å². The maximum Gasteiger partial charge on any atom is 0.129 e. The third-order valence-electron chi connectivity index (χ3n) is 5.55. The standard InChI is InChI=1S/C18H25N3.C9H7N/c1-18(2,3)20-15-10-12-21(13-11-15)17-9-8-14-6-4-5-7-16(14)19-17;1-2-6-9-8(4-1)5-3-7-10-9/h4-9,15,20H,10-13H2,1-3H3;1-7H. The molecule has 0 amide bonds. The summed E-state index contributed by atoms with van der Waals surface area (Å²) in [4.78, 5) is 11.4. The molecule has 4 nitrogen and oxygen atoms in total. The van der Waals surface area contributed by atoms with Crippen LogP contribution in [0.2, 0.25) is 0 Å². The molecule has 0 radical (unpaired) electrons. The molecule has 0 spiro atoms. The summed E-state index contributed by atoms with van der Waals surface area (Å²) in [5.74, 6) is 1.11. The van der Waals surface area contributed by atoms with Crippen LogP contribution in [0.4, 0.5) is 5.82 Å². The number of nitrogens with one attached hydrogen (secondary N) is 1. The van der Waals surface area contributed by atoms with Crippen molar-refractivity contribution in [3.63, 3.8) is 0 Å². The third-order valence-corrected chi connectivity index (χ3v) is 5.55. The van der Waals surface area contributed by atoms with Gasteiger partial charge in [-0.05, 0) is 63.9 Å². The molecule has 160 valence electrons. The van der Waals surface area contributed by atoms with E-state index in [0.717, 1.165) is 29.9 Å². The van der Waals surface area contributed by atoms with Crippen LogP contribution in [0.1, 0.15) is 33.6 Å². The van der Waals surface area contributed by atoms with Crippen LogP contribution in [-0.2, 0) is 0 Å². The topological polar surface area (TPSA) is 41.0 Å². The van der Waals surface area contributed by atoms with Gasteiger partial charge >= 0.3 is 0 Å². The molecule has 2 aromatic carbocycles. The Bertz CT molecular complexity index is 1060. The SMILES string of the molecule is CC(C)(C)NC1CCN(c2ccc3ccccc3n2)CC1.c1ccc2ncccc2c1. The van der Waals surface area contributed by atoms with Crippen LogP contribution in [-0.4, -0.2) is 34.6 Å². The van der Waals surface area contributed by atoms with Crippen molar-refractivity contribution in [2.45, 2.75) is 45.2 Å². The molecule has 0 bridgehead atoms. The van der Waals surface area contributed by atoms with E-state index in [-0.39, 0.29) is 5.54 Å². The Morgan fingerprint density at radius 2 is 1.39 bits per heavy atom. The predicted octanol–water partition coefficient (Wildman–Crippen LogP) is 5.83. The summed E-state index contributed by atoms with van der Waals surface area (Å²) in [6.07, 6.45) is 4.18. The number of pyridine rings is 2. The minimum atomic E-state index is 0.202. The summed E-state index contributed by atoms with van der Waals surface area (Å²) in [6, 6.07) is 25.4. The van der Waals surface area contributed by atoms with E-state index in [2.05, 4.69) is 84.5 Å². The fourth-order valence-corrected chi connectivity index (χ4v) is 4.11. The van der Waals surface area contributed by atoms with Crippen molar-refractivity contribution in [1.82, 2.24) is 15.3 Å². The molecule has 0 unspecified atom stereocenters. The first-order valence-corrected chi connectivity index (χ1v) is 11.2. The number of aromatic nitrogens is 2. The first-order valence-electron chi connectivity index (χ1n) is 11.2. The molecule has 4 heteroatoms. The number of nitrogens with zero attached hydrogens (tertiary/aromatic N) is 3. The highest BCUT2D eigenvalue weighted by atomic mass is 15.2. The maximum absolute atomic E-state index is 4.80. The second-order valence-corrected chi connectivity index (χ2v) is 9.21. The van der Waals surface area contributed by atoms with Crippen LogP contribution in [0.25, 0.3) is 21.8 Å². The molecule has 0 saturated carbocycles. The zero-order chi connectivity index (χ0) is 21.7. The number of para-hydroxylation sites is 2. The highest BCUT2D eigenvalue weighted by molar-refractivity contribution is 5.80. The summed E-state index contributed by atoms with van der Waals surface area (Å²) in [5, 5.41) is 6.13. The minimum Gasteiger partial charge on any atom is -0.356 e. The molecular formula is C27H32N4. The zero-order valence-corrected chi connectivity index (χ0v) is 18.8. The second kappa shape index (κ2) is 9.44. The third kappa shape index (κ3) is 5.80. The van der Waals surface area contributed by atoms with Gasteiger partial charge in [-0.25, -0.2) is 4.98 Å². The highest BCUT2D eigenvalue weighted by Crippen LogP contribution is 2.22. The number of piperidine rings is 1. The van der Waals surface area contributed by atoms with Crippen molar-refractivity contribution in [3.8, 4) is 0 Å². The van der Waals surface area contributed by atoms with E-state index >= 15 is 0 Å². The number of rotatable bonds is 2. The summed E-state index contributed by atoms with van der Waals surface area (Å²) in [6.45, 7) is 8.89. The molecule has 1 aliphatic heterocycles. The van der Waals surface area contributed by atoms with Crippen molar-refractivity contribution in [1.29, 1.82) is 0 Å². The number of anilines is 1. The molecule has 0 aliphatic carbocycles. The fraction of sp³-hybridized carbons (Fsp3) is 0.333. The summed E-state index contributed by atoms with van der Waals surface area (Å²) < 4.78 is 0. The lowest BCUT2D eigenvalue weighted by atomic mass is 10.00. The van der Waals surface area contributed by atoms with E-state index in [9.17, 15) is 0 Å². The number of hydrogen-bond donors (Lipinski definition) is 1. The van der Waals surface area contributed by atoms with Gasteiger partial charge in [-0.3, -0.25) is 4.98 Å². The zero-order valence-electron chi connectivity index (χ0n) is 18.8. The minimum absolute atomic E-state index is 0.202. The van der Waals surface area contributed by atoms with Crippen LogP contribution in [0.3, 0.4) is 0 Å². The Labute approximate surface area is 185 Å². The predicted molar refractivity (Wildman–Crippen MR) is 132 cm³/mol. The van der Waals surface area contributed by atoms with Gasteiger partial charge in [-0.1, -0.05) is 42.5 Å². The van der Waals surface area contributed by atoms with Gasteiger partial charge in [0, 0.05) is 41.6 Å². The van der Waals surface area contributed by atoms with Gasteiger partial charge in [0.2, 0.25) is 0 Å². The van der Waals surface area contributed by atoms with Crippen molar-refractivity contribution in [3.05, 3.63) is 79.0 Å². The fourth-order valence-electron chi connectivity index (χ4n) is 4.11. The molecular weight excluding hydrogens is 380 g/mol. The molecule has 3 heterocycles. The van der Waals surface area contributed by atoms with E-state index in [4.69, 9.17) is 4.98 Å². The molecule has 1 saturated heterocycles. The number of hydrogen-bond acceptors (Lipinski definition) is 4. The van der Waals surface area contributed by atoms with Gasteiger partial charge in [-0.2, -0.15) is 0 Å². The van der Waals surface area contributed by atoms with Crippen molar-refractivity contribution in [2.75, 3.05) is 18.0 Å². The lowest BCUT2D eigenvalue weighted by Crippen LogP contribution is -2.49. The second-order valence-electron chi connectivity index (χ2n) is 9.21. The summed E-state index contributed by atoms with van der Waals surface area (Å²) in [5.41, 5.74) is 2.35. The Kier molecular flexibility index (Phi) is 6.47. The first-order chi connectivity index (χ1) is 15.0. The smallest absolute Gasteiger partial charge is 0.129 e. The molecule has 5 rings (SSSR count). The van der Waals surface area contributed by atoms with E-state index in [1.54, 1.807) is 0 Å². The van der Waals surface area contributed by atoms with Crippen LogP contribution in [0, 0.1) is 0 Å². The summed E-state index contributed by atoms with van der Waals surface area (Å²) in [7, 11) is 0. The first kappa shape index (κ1) is 21.3. The van der Waals surface area contributed by atoms with Gasteiger partial charge < -0.3 is 10.2 Å². The van der Waals surface area contributed by atoms with Gasteiger partial charge in [0.25, 0.3) is 0 Å². The maximum atomic E-state index is 4.80. The quantitative estimate of drug-likeness (QED) is 0.450.